The smallest absolute Gasteiger partial charge is 0.338 e. The molecule has 38 heavy (non-hydrogen) atoms. The quantitative estimate of drug-likeness (QED) is 0.370. The molecule has 7 nitrogen and oxygen atoms in total. The monoisotopic (exact) mass is 534 g/mol. The summed E-state index contributed by atoms with van der Waals surface area (Å²) >= 11 is 1.29. The molecule has 1 aromatic heterocycles. The molecule has 3 aromatic rings. The van der Waals surface area contributed by atoms with E-state index in [0.29, 0.717) is 31.9 Å². The Hall–Kier alpha value is -3.65. The van der Waals surface area contributed by atoms with Gasteiger partial charge < -0.3 is 14.2 Å². The molecule has 0 N–H and O–H groups in total. The number of allylic oxidation sites excluding steroid dienone is 1. The summed E-state index contributed by atoms with van der Waals surface area (Å²) in [6.45, 7) is 11.7. The number of para-hydroxylation sites is 1. The molecule has 0 saturated carbocycles. The van der Waals surface area contributed by atoms with Crippen molar-refractivity contribution in [2.75, 3.05) is 6.61 Å². The van der Waals surface area contributed by atoms with Gasteiger partial charge in [-0.1, -0.05) is 48.6 Å². The Bertz CT molecular complexity index is 1520. The van der Waals surface area contributed by atoms with E-state index in [0.717, 1.165) is 17.7 Å². The fourth-order valence-corrected chi connectivity index (χ4v) is 5.31. The Morgan fingerprint density at radius 2 is 1.79 bits per heavy atom. The van der Waals surface area contributed by atoms with E-state index in [1.807, 2.05) is 75.4 Å². The van der Waals surface area contributed by atoms with Gasteiger partial charge in [-0.25, -0.2) is 9.79 Å². The van der Waals surface area contributed by atoms with Gasteiger partial charge >= 0.3 is 5.97 Å². The summed E-state index contributed by atoms with van der Waals surface area (Å²) in [7, 11) is 0. The first kappa shape index (κ1) is 27.4. The molecule has 8 heteroatoms. The van der Waals surface area contributed by atoms with Crippen LogP contribution in [-0.4, -0.2) is 29.4 Å². The van der Waals surface area contributed by atoms with Gasteiger partial charge in [-0.3, -0.25) is 9.36 Å². The van der Waals surface area contributed by atoms with Crippen LogP contribution in [0.4, 0.5) is 0 Å². The first-order valence-corrected chi connectivity index (χ1v) is 13.8. The second-order valence-electron chi connectivity index (χ2n) is 9.41. The number of benzene rings is 2. The lowest BCUT2D eigenvalue weighted by Crippen LogP contribution is -2.40. The van der Waals surface area contributed by atoms with E-state index >= 15 is 0 Å². The normalized spacial score (nSPS) is 16.2. The molecule has 0 bridgehead atoms. The summed E-state index contributed by atoms with van der Waals surface area (Å²) in [4.78, 5) is 32.2. The molecule has 0 unspecified atom stereocenters. The molecule has 0 spiro atoms. The van der Waals surface area contributed by atoms with Crippen LogP contribution in [0.3, 0.4) is 0 Å². The standard InChI is InChI=1S/C30H34N2O5S/c1-7-19(5)37-22-15-13-21(14-16-22)17-25-28(33)32-27(23-11-9-10-12-24(23)36-18(3)4)26(29(34)35-8-2)20(6)31-30(32)38-25/h9-19,27H,7-8H2,1-6H3/b25-17+/t19-,27-/m1/s1. The lowest BCUT2D eigenvalue weighted by Gasteiger charge is -2.26. The van der Waals surface area contributed by atoms with Crippen molar-refractivity contribution in [3.05, 3.63) is 90.6 Å². The number of rotatable bonds is 9. The number of thiazole rings is 1. The van der Waals surface area contributed by atoms with Gasteiger partial charge in [0.25, 0.3) is 5.56 Å². The van der Waals surface area contributed by atoms with Crippen LogP contribution in [0.25, 0.3) is 6.08 Å². The number of carbonyl (C=O) groups is 1. The number of esters is 1. The first-order valence-electron chi connectivity index (χ1n) is 12.9. The molecule has 0 saturated heterocycles. The Morgan fingerprint density at radius 1 is 1.08 bits per heavy atom. The minimum absolute atomic E-state index is 0.0876. The molecule has 1 aliphatic heterocycles. The average molecular weight is 535 g/mol. The van der Waals surface area contributed by atoms with Crippen LogP contribution < -0.4 is 24.4 Å². The van der Waals surface area contributed by atoms with Gasteiger partial charge in [0, 0.05) is 5.56 Å². The highest BCUT2D eigenvalue weighted by Gasteiger charge is 2.35. The van der Waals surface area contributed by atoms with Gasteiger partial charge in [0.1, 0.15) is 17.5 Å². The maximum absolute atomic E-state index is 13.9. The number of nitrogens with zero attached hydrogens (tertiary/aromatic N) is 2. The summed E-state index contributed by atoms with van der Waals surface area (Å²) in [5.41, 5.74) is 2.20. The van der Waals surface area contributed by atoms with Crippen LogP contribution >= 0.6 is 11.3 Å². The van der Waals surface area contributed by atoms with E-state index in [1.54, 1.807) is 18.4 Å². The van der Waals surface area contributed by atoms with Crippen molar-refractivity contribution in [2.45, 2.75) is 66.2 Å². The molecule has 0 aliphatic carbocycles. The van der Waals surface area contributed by atoms with Crippen molar-refractivity contribution in [3.63, 3.8) is 0 Å². The fraction of sp³-hybridized carbons (Fsp3) is 0.367. The fourth-order valence-electron chi connectivity index (χ4n) is 4.26. The summed E-state index contributed by atoms with van der Waals surface area (Å²) in [5.74, 6) is 0.897. The summed E-state index contributed by atoms with van der Waals surface area (Å²) < 4.78 is 19.5. The molecular formula is C30H34N2O5S. The zero-order valence-electron chi connectivity index (χ0n) is 22.7. The molecule has 200 valence electrons. The third-order valence-corrected chi connectivity index (χ3v) is 7.17. The van der Waals surface area contributed by atoms with Crippen LogP contribution in [0, 0.1) is 0 Å². The number of hydrogen-bond donors (Lipinski definition) is 0. The molecule has 2 atom stereocenters. The molecule has 2 heterocycles. The van der Waals surface area contributed by atoms with Gasteiger partial charge in [0.2, 0.25) is 0 Å². The minimum Gasteiger partial charge on any atom is -0.491 e. The Morgan fingerprint density at radius 3 is 2.45 bits per heavy atom. The zero-order valence-corrected chi connectivity index (χ0v) is 23.5. The lowest BCUT2D eigenvalue weighted by molar-refractivity contribution is -0.139. The topological polar surface area (TPSA) is 79.1 Å². The summed E-state index contributed by atoms with van der Waals surface area (Å²) in [6, 6.07) is 14.4. The SMILES string of the molecule is CCOC(=O)C1=C(C)N=c2s/c(=C/c3ccc(O[C@H](C)CC)cc3)c(=O)n2[C@@H]1c1ccccc1OC(C)C. The third kappa shape index (κ3) is 5.75. The van der Waals surface area contributed by atoms with Crippen LogP contribution in [0.1, 0.15) is 65.1 Å². The maximum atomic E-state index is 13.9. The number of fused-ring (bicyclic) bond motifs is 1. The number of carbonyl (C=O) groups excluding carboxylic acids is 1. The summed E-state index contributed by atoms with van der Waals surface area (Å²) in [6.07, 6.45) is 2.80. The maximum Gasteiger partial charge on any atom is 0.338 e. The first-order chi connectivity index (χ1) is 18.2. The van der Waals surface area contributed by atoms with Gasteiger partial charge in [0.05, 0.1) is 34.6 Å². The predicted molar refractivity (Wildman–Crippen MR) is 149 cm³/mol. The van der Waals surface area contributed by atoms with Crippen molar-refractivity contribution in [2.24, 2.45) is 4.99 Å². The Labute approximate surface area is 226 Å². The zero-order chi connectivity index (χ0) is 27.4. The number of hydrogen-bond acceptors (Lipinski definition) is 7. The highest BCUT2D eigenvalue weighted by atomic mass is 32.1. The van der Waals surface area contributed by atoms with E-state index in [9.17, 15) is 9.59 Å². The molecule has 0 amide bonds. The van der Waals surface area contributed by atoms with E-state index < -0.39 is 12.0 Å². The van der Waals surface area contributed by atoms with Crippen molar-refractivity contribution in [3.8, 4) is 11.5 Å². The highest BCUT2D eigenvalue weighted by Crippen LogP contribution is 2.36. The van der Waals surface area contributed by atoms with Crippen LogP contribution in [-0.2, 0) is 9.53 Å². The Kier molecular flexibility index (Phi) is 8.52. The largest absolute Gasteiger partial charge is 0.491 e. The summed E-state index contributed by atoms with van der Waals surface area (Å²) in [5, 5.41) is 0. The van der Waals surface area contributed by atoms with Crippen LogP contribution in [0.2, 0.25) is 0 Å². The van der Waals surface area contributed by atoms with Crippen LogP contribution in [0.5, 0.6) is 11.5 Å². The lowest BCUT2D eigenvalue weighted by atomic mass is 9.95. The minimum atomic E-state index is -0.728. The van der Waals surface area contributed by atoms with Crippen LogP contribution in [0.15, 0.2) is 69.6 Å². The van der Waals surface area contributed by atoms with E-state index in [1.165, 1.54) is 11.3 Å². The molecule has 1 aliphatic rings. The number of ether oxygens (including phenoxy) is 3. The van der Waals surface area contributed by atoms with Crippen molar-refractivity contribution >= 4 is 23.4 Å². The predicted octanol–water partition coefficient (Wildman–Crippen LogP) is 4.76. The van der Waals surface area contributed by atoms with Gasteiger partial charge in [-0.2, -0.15) is 0 Å². The molecule has 2 aromatic carbocycles. The van der Waals surface area contributed by atoms with E-state index in [2.05, 4.69) is 11.9 Å². The average Bonchev–Trinajstić information content (AvgIpc) is 3.18. The van der Waals surface area contributed by atoms with E-state index in [4.69, 9.17) is 14.2 Å². The van der Waals surface area contributed by atoms with E-state index in [-0.39, 0.29) is 24.4 Å². The number of aromatic nitrogens is 1. The molecular weight excluding hydrogens is 500 g/mol. The van der Waals surface area contributed by atoms with Gasteiger partial charge in [0.15, 0.2) is 4.80 Å². The van der Waals surface area contributed by atoms with Crippen molar-refractivity contribution < 1.29 is 19.0 Å². The van der Waals surface area contributed by atoms with Crippen molar-refractivity contribution in [1.82, 2.24) is 4.57 Å². The molecule has 0 radical (unpaired) electrons. The Balaban J connectivity index is 1.86. The third-order valence-electron chi connectivity index (χ3n) is 6.18. The second-order valence-corrected chi connectivity index (χ2v) is 10.4. The van der Waals surface area contributed by atoms with Crippen molar-refractivity contribution in [1.29, 1.82) is 0 Å². The highest BCUT2D eigenvalue weighted by molar-refractivity contribution is 7.07. The van der Waals surface area contributed by atoms with Gasteiger partial charge in [-0.05, 0) is 70.9 Å². The molecule has 0 fully saturated rings. The second kappa shape index (κ2) is 11.8. The molecule has 4 rings (SSSR count). The van der Waals surface area contributed by atoms with Gasteiger partial charge in [-0.15, -0.1) is 0 Å².